The third-order valence-corrected chi connectivity index (χ3v) is 16.7. The first-order valence-corrected chi connectivity index (χ1v) is 25.4. The zero-order valence-electron chi connectivity index (χ0n) is 31.7. The van der Waals surface area contributed by atoms with Crippen molar-refractivity contribution in [1.82, 2.24) is 39.0 Å². The average molecular weight is 894 g/mol. The number of amides is 1. The minimum Gasteiger partial charge on any atom is -0.408 e. The van der Waals surface area contributed by atoms with Crippen molar-refractivity contribution >= 4 is 86.3 Å². The van der Waals surface area contributed by atoms with Crippen molar-refractivity contribution in [1.29, 1.82) is 0 Å². The Morgan fingerprint density at radius 3 is 2.40 bits per heavy atom. The lowest BCUT2D eigenvalue weighted by atomic mass is 10.1. The number of nitrogen functional groups attached to an aromatic ring is 1. The highest BCUT2D eigenvalue weighted by molar-refractivity contribution is 8.39. The molecule has 312 valence electrons. The van der Waals surface area contributed by atoms with E-state index in [-0.39, 0.29) is 39.1 Å². The van der Waals surface area contributed by atoms with Crippen LogP contribution in [0.4, 0.5) is 16.2 Å². The molecule has 2 aliphatic heterocycles. The summed E-state index contributed by atoms with van der Waals surface area (Å²) < 4.78 is 67.1. The number of H-pyrrole nitrogens is 1. The lowest BCUT2D eigenvalue weighted by Crippen LogP contribution is -2.50. The van der Waals surface area contributed by atoms with E-state index in [1.54, 1.807) is 13.8 Å². The molecule has 6 rings (SSSR count). The number of aromatic nitrogens is 8. The summed E-state index contributed by atoms with van der Waals surface area (Å²) in [4.78, 5) is 60.5. The predicted molar refractivity (Wildman–Crippen MR) is 212 cm³/mol. The standard InChI is InChI=1S/C30H43FN10O11P2S2Si/c1-13(2)25(43)38-29-37-24-18(26(44)39-29)36-12-41(24)28-21(20(14(8-42)48-28)52-57(6,7)30(3,4)5)51-54(46,56)47-9-15-19(50-53(45)55)16(31)27(49-15)40-11-35-17-22(32)33-10-34-23(17)40/h10-16,19-21,27-28,42H,8-9H2,1-7H3,(H5-,32,33,34,37,38,39,43,44,45,46,55,56)/p+1/t14-,15-,16?,19?,20?,21?,27-,28-,54?/m1/s1. The summed E-state index contributed by atoms with van der Waals surface area (Å²) in [7, 11) is -5.34. The van der Waals surface area contributed by atoms with E-state index >= 15 is 4.39 Å². The van der Waals surface area contributed by atoms with E-state index in [1.807, 2.05) is 33.9 Å². The first-order chi connectivity index (χ1) is 26.6. The van der Waals surface area contributed by atoms with Crippen molar-refractivity contribution in [3.8, 4) is 0 Å². The summed E-state index contributed by atoms with van der Waals surface area (Å²) in [5.74, 6) is -0.954. The molecule has 4 aromatic rings. The monoisotopic (exact) mass is 893 g/mol. The second kappa shape index (κ2) is 16.6. The molecule has 0 aromatic carbocycles. The molecule has 2 fully saturated rings. The quantitative estimate of drug-likeness (QED) is 0.0602. The Kier molecular flexibility index (Phi) is 12.7. The fraction of sp³-hybridized carbons (Fsp3) is 0.633. The molecule has 0 saturated carbocycles. The van der Waals surface area contributed by atoms with Crippen LogP contribution in [0.15, 0.2) is 23.8 Å². The van der Waals surface area contributed by atoms with Crippen molar-refractivity contribution in [2.24, 2.45) is 5.92 Å². The number of nitrogens with one attached hydrogen (secondary N) is 2. The Morgan fingerprint density at radius 1 is 1.12 bits per heavy atom. The normalized spacial score (nSPS) is 27.1. The molecular weight excluding hydrogens is 850 g/mol. The molecule has 10 atom stereocenters. The van der Waals surface area contributed by atoms with E-state index in [0.717, 1.165) is 0 Å². The number of aromatic amines is 1. The van der Waals surface area contributed by atoms with Crippen LogP contribution in [-0.2, 0) is 48.6 Å². The van der Waals surface area contributed by atoms with Gasteiger partial charge in [0.2, 0.25) is 11.9 Å². The van der Waals surface area contributed by atoms with Gasteiger partial charge >= 0.3 is 13.9 Å². The van der Waals surface area contributed by atoms with Crippen LogP contribution in [-0.4, -0.2) is 113 Å². The van der Waals surface area contributed by atoms with Gasteiger partial charge < -0.3 is 34.2 Å². The number of rotatable bonds is 14. The molecular formula is C30H44FN10O11P2S2Si+. The molecule has 6 N–H and O–H groups in total. The van der Waals surface area contributed by atoms with Crippen LogP contribution in [0.2, 0.25) is 18.1 Å². The number of aliphatic hydroxyl groups excluding tert-OH is 1. The molecule has 0 bridgehead atoms. The van der Waals surface area contributed by atoms with Gasteiger partial charge in [0, 0.05) is 5.92 Å². The van der Waals surface area contributed by atoms with E-state index in [2.05, 4.69) is 47.5 Å². The lowest BCUT2D eigenvalue weighted by Gasteiger charge is -2.40. The maximum atomic E-state index is 16.1. The van der Waals surface area contributed by atoms with Crippen LogP contribution >= 0.6 is 26.2 Å². The van der Waals surface area contributed by atoms with Crippen LogP contribution in [0.5, 0.6) is 0 Å². The molecule has 27 heteroatoms. The topological polar surface area (TPSA) is 275 Å². The van der Waals surface area contributed by atoms with Gasteiger partial charge in [-0.1, -0.05) is 34.6 Å². The third kappa shape index (κ3) is 9.00. The molecule has 57 heavy (non-hydrogen) atoms. The Labute approximate surface area is 337 Å². The highest BCUT2D eigenvalue weighted by atomic mass is 32.7. The number of anilines is 2. The number of ether oxygens (including phenoxy) is 2. The maximum Gasteiger partial charge on any atom is 0.582 e. The molecule has 2 aliphatic rings. The zero-order chi connectivity index (χ0) is 41.8. The molecule has 0 aliphatic carbocycles. The van der Waals surface area contributed by atoms with Gasteiger partial charge in [-0.3, -0.25) is 33.5 Å². The van der Waals surface area contributed by atoms with Crippen molar-refractivity contribution in [3.63, 3.8) is 0 Å². The number of fused-ring (bicyclic) bond motifs is 2. The average Bonchev–Trinajstić information content (AvgIpc) is 3.88. The summed E-state index contributed by atoms with van der Waals surface area (Å²) in [5, 5.41) is 12.8. The fourth-order valence-corrected chi connectivity index (χ4v) is 9.49. The molecule has 0 radical (unpaired) electrons. The molecule has 4 aromatic heterocycles. The highest BCUT2D eigenvalue weighted by Crippen LogP contribution is 2.52. The number of nitrogens with two attached hydrogens (primary N) is 1. The summed E-state index contributed by atoms with van der Waals surface area (Å²) >= 11 is 9.30. The van der Waals surface area contributed by atoms with Gasteiger partial charge in [0.1, 0.15) is 48.5 Å². The predicted octanol–water partition coefficient (Wildman–Crippen LogP) is 3.24. The number of nitrogens with zero attached hydrogens (tertiary/aromatic N) is 7. The van der Waals surface area contributed by atoms with Crippen molar-refractivity contribution < 1.29 is 51.2 Å². The second-order valence-electron chi connectivity index (χ2n) is 15.2. The van der Waals surface area contributed by atoms with Crippen molar-refractivity contribution in [3.05, 3.63) is 29.3 Å². The number of carbonyl (C=O) groups excluding carboxylic acids is 1. The summed E-state index contributed by atoms with van der Waals surface area (Å²) in [6.45, 7) is 7.67. The van der Waals surface area contributed by atoms with Crippen LogP contribution < -0.4 is 16.6 Å². The molecule has 21 nitrogen and oxygen atoms in total. The molecule has 6 unspecified atom stereocenters. The van der Waals surface area contributed by atoms with Crippen molar-refractivity contribution in [2.45, 2.75) is 102 Å². The molecule has 2 saturated heterocycles. The minimum atomic E-state index is -4.41. The van der Waals surface area contributed by atoms with Gasteiger partial charge in [0.15, 0.2) is 55.7 Å². The number of halogens is 1. The number of alkyl halides is 1. The minimum absolute atomic E-state index is 0.0347. The van der Waals surface area contributed by atoms with E-state index in [1.165, 1.54) is 28.1 Å². The first-order valence-electron chi connectivity index (χ1n) is 17.6. The lowest BCUT2D eigenvalue weighted by molar-refractivity contribution is -0.118. The molecule has 0 spiro atoms. The van der Waals surface area contributed by atoms with Gasteiger partial charge in [-0.2, -0.15) is 4.98 Å². The fourth-order valence-electron chi connectivity index (χ4n) is 5.97. The Balaban J connectivity index is 1.32. The Hall–Kier alpha value is -2.90. The number of imidazole rings is 2. The van der Waals surface area contributed by atoms with E-state index < -0.39 is 102 Å². The number of hydrogen-bond donors (Lipinski definition) is 6. The molecule has 1 amide bonds. The smallest absolute Gasteiger partial charge is 0.408 e. The van der Waals surface area contributed by atoms with Crippen LogP contribution in [0.25, 0.3) is 22.3 Å². The van der Waals surface area contributed by atoms with Gasteiger partial charge in [-0.25, -0.2) is 24.3 Å². The number of hydrogen-bond acceptors (Lipinski definition) is 17. The number of thiol groups is 1. The highest BCUT2D eigenvalue weighted by Gasteiger charge is 2.55. The molecule has 6 heterocycles. The summed E-state index contributed by atoms with van der Waals surface area (Å²) in [6, 6.07) is 0. The van der Waals surface area contributed by atoms with Gasteiger partial charge in [0.05, 0.1) is 25.9 Å². The second-order valence-corrected chi connectivity index (χ2v) is 24.4. The van der Waals surface area contributed by atoms with E-state index in [9.17, 15) is 24.2 Å². The first kappa shape index (κ1) is 43.7. The van der Waals surface area contributed by atoms with E-state index in [0.29, 0.717) is 0 Å². The third-order valence-electron chi connectivity index (χ3n) is 9.97. The number of aliphatic hydroxyl groups is 1. The Bertz CT molecular complexity index is 2260. The summed E-state index contributed by atoms with van der Waals surface area (Å²) in [6.07, 6.45) is -7.37. The maximum absolute atomic E-state index is 16.1. The van der Waals surface area contributed by atoms with Crippen molar-refractivity contribution in [2.75, 3.05) is 24.3 Å². The van der Waals surface area contributed by atoms with Crippen LogP contribution in [0.3, 0.4) is 0 Å². The summed E-state index contributed by atoms with van der Waals surface area (Å²) in [5.41, 5.74) is 5.43. The Morgan fingerprint density at radius 2 is 1.77 bits per heavy atom. The van der Waals surface area contributed by atoms with Gasteiger partial charge in [0.25, 0.3) is 5.56 Å². The zero-order valence-corrected chi connectivity index (χ0v) is 36.2. The largest absolute Gasteiger partial charge is 0.582 e. The van der Waals surface area contributed by atoms with E-state index in [4.69, 9.17) is 45.0 Å². The number of carbonyl (C=O) groups is 1. The van der Waals surface area contributed by atoms with Gasteiger partial charge in [-0.15, -0.1) is 4.52 Å². The van der Waals surface area contributed by atoms with Gasteiger partial charge in [-0.05, 0) is 34.5 Å². The van der Waals surface area contributed by atoms with Crippen LogP contribution in [0.1, 0.15) is 47.1 Å². The SMILES string of the molecule is CC(C)C(=O)Nc1nc2c(ncn2[C@@H]2O[C@H](CO)C(O[Si](C)(C)C(C)(C)C)C2OP(O)(=S)OC[C@H]2O[C@@H](n3cnc4c(N)ncnc43)C(F)C2O[P+](=O)S)c(=O)[nH]1. The van der Waals surface area contributed by atoms with Crippen LogP contribution in [0, 0.1) is 5.92 Å².